The Morgan fingerprint density at radius 1 is 0.893 bits per heavy atom. The molecule has 4 rings (SSSR count). The summed E-state index contributed by atoms with van der Waals surface area (Å²) in [7, 11) is 0. The van der Waals surface area contributed by atoms with E-state index in [1.54, 1.807) is 12.4 Å². The average Bonchev–Trinajstić information content (AvgIpc) is 2.95. The van der Waals surface area contributed by atoms with Crippen LogP contribution in [0.1, 0.15) is 36.5 Å². The number of fused-ring (bicyclic) bond motifs is 1. The Hall–Kier alpha value is -3.47. The molecule has 1 N–H and O–H groups in total. The maximum atomic E-state index is 5.77. The second kappa shape index (κ2) is 8.48. The first-order valence-electron chi connectivity index (χ1n) is 9.50. The molecule has 5 nitrogen and oxygen atoms in total. The third-order valence-electron chi connectivity index (χ3n) is 4.51. The molecule has 140 valence electrons. The molecule has 0 aliphatic carbocycles. The van der Waals surface area contributed by atoms with Crippen LogP contribution in [0.3, 0.4) is 0 Å². The Morgan fingerprint density at radius 2 is 1.68 bits per heavy atom. The van der Waals surface area contributed by atoms with Crippen LogP contribution in [-0.4, -0.2) is 23.1 Å². The fraction of sp³-hybridized carbons (Fsp3) is 0.174. The van der Waals surface area contributed by atoms with E-state index in [2.05, 4.69) is 22.4 Å². The fourth-order valence-corrected chi connectivity index (χ4v) is 2.99. The van der Waals surface area contributed by atoms with Crippen LogP contribution in [0, 0.1) is 0 Å². The molecular formula is C23H22N4O. The number of aromatic nitrogens is 1. The summed E-state index contributed by atoms with van der Waals surface area (Å²) >= 11 is 0. The van der Waals surface area contributed by atoms with Crippen molar-refractivity contribution < 1.29 is 4.74 Å². The number of rotatable bonds is 6. The zero-order valence-corrected chi connectivity index (χ0v) is 15.8. The zero-order chi connectivity index (χ0) is 19.2. The van der Waals surface area contributed by atoms with E-state index < -0.39 is 0 Å². The normalized spacial score (nSPS) is 12.9. The predicted molar refractivity (Wildman–Crippen MR) is 112 cm³/mol. The lowest BCUT2D eigenvalue weighted by Gasteiger charge is -2.09. The van der Waals surface area contributed by atoms with Gasteiger partial charge in [0.15, 0.2) is 5.84 Å². The van der Waals surface area contributed by atoms with E-state index in [1.807, 2.05) is 60.7 Å². The number of aliphatic imine (C=N–C) groups is 1. The van der Waals surface area contributed by atoms with Crippen molar-refractivity contribution in [2.24, 2.45) is 10.1 Å². The van der Waals surface area contributed by atoms with Gasteiger partial charge in [0.1, 0.15) is 5.75 Å². The third kappa shape index (κ3) is 3.93. The van der Waals surface area contributed by atoms with Gasteiger partial charge in [-0.3, -0.25) is 10.4 Å². The fourth-order valence-electron chi connectivity index (χ4n) is 2.99. The molecule has 5 heteroatoms. The van der Waals surface area contributed by atoms with Crippen molar-refractivity contribution in [1.29, 1.82) is 0 Å². The van der Waals surface area contributed by atoms with Gasteiger partial charge in [-0.1, -0.05) is 31.5 Å². The van der Waals surface area contributed by atoms with Gasteiger partial charge < -0.3 is 4.74 Å². The largest absolute Gasteiger partial charge is 0.494 e. The summed E-state index contributed by atoms with van der Waals surface area (Å²) in [6.07, 6.45) is 5.68. The summed E-state index contributed by atoms with van der Waals surface area (Å²) in [6.45, 7) is 2.90. The highest BCUT2D eigenvalue weighted by atomic mass is 16.5. The van der Waals surface area contributed by atoms with E-state index in [0.29, 0.717) is 5.84 Å². The van der Waals surface area contributed by atoms with Gasteiger partial charge in [-0.05, 0) is 48.9 Å². The van der Waals surface area contributed by atoms with E-state index in [-0.39, 0.29) is 0 Å². The number of pyridine rings is 1. The highest BCUT2D eigenvalue weighted by Crippen LogP contribution is 2.26. The van der Waals surface area contributed by atoms with Crippen molar-refractivity contribution in [3.05, 3.63) is 89.7 Å². The van der Waals surface area contributed by atoms with Crippen LogP contribution in [0.5, 0.6) is 5.75 Å². The molecule has 3 aromatic rings. The minimum absolute atomic E-state index is 0.698. The highest BCUT2D eigenvalue weighted by molar-refractivity contribution is 6.17. The summed E-state index contributed by atoms with van der Waals surface area (Å²) in [5.41, 5.74) is 7.79. The van der Waals surface area contributed by atoms with E-state index in [4.69, 9.17) is 9.73 Å². The molecular weight excluding hydrogens is 348 g/mol. The molecule has 0 atom stereocenters. The molecule has 1 aliphatic rings. The molecule has 0 unspecified atom stereocenters. The number of nitrogens with zero attached hydrogens (tertiary/aromatic N) is 3. The van der Waals surface area contributed by atoms with E-state index in [0.717, 1.165) is 53.3 Å². The van der Waals surface area contributed by atoms with E-state index in [9.17, 15) is 0 Å². The van der Waals surface area contributed by atoms with Crippen LogP contribution in [0.25, 0.3) is 0 Å². The van der Waals surface area contributed by atoms with Crippen molar-refractivity contribution in [1.82, 2.24) is 10.4 Å². The number of hydrogen-bond acceptors (Lipinski definition) is 5. The molecule has 2 aromatic carbocycles. The SMILES string of the molecule is CCCCOc1ccc(C2=NNC(c3ccncc3)=Nc3ccccc32)cc1. The maximum absolute atomic E-state index is 5.77. The van der Waals surface area contributed by atoms with Crippen molar-refractivity contribution in [3.8, 4) is 5.75 Å². The van der Waals surface area contributed by atoms with Crippen LogP contribution in [0.15, 0.2) is 83.2 Å². The molecule has 2 heterocycles. The lowest BCUT2D eigenvalue weighted by molar-refractivity contribution is 0.309. The number of hydrogen-bond donors (Lipinski definition) is 1. The predicted octanol–water partition coefficient (Wildman–Crippen LogP) is 4.69. The van der Waals surface area contributed by atoms with Crippen molar-refractivity contribution in [3.63, 3.8) is 0 Å². The Labute approximate surface area is 164 Å². The molecule has 28 heavy (non-hydrogen) atoms. The highest BCUT2D eigenvalue weighted by Gasteiger charge is 2.16. The van der Waals surface area contributed by atoms with Gasteiger partial charge in [0.2, 0.25) is 0 Å². The molecule has 0 saturated carbocycles. The lowest BCUT2D eigenvalue weighted by Crippen LogP contribution is -2.19. The molecule has 0 bridgehead atoms. The summed E-state index contributed by atoms with van der Waals surface area (Å²) in [4.78, 5) is 8.87. The molecule has 0 amide bonds. The van der Waals surface area contributed by atoms with Crippen molar-refractivity contribution >= 4 is 17.2 Å². The van der Waals surface area contributed by atoms with Crippen LogP contribution in [-0.2, 0) is 0 Å². The standard InChI is InChI=1S/C23H22N4O/c1-2-3-16-28-19-10-8-17(9-11-19)22-20-6-4-5-7-21(20)25-23(27-26-22)18-12-14-24-15-13-18/h4-15H,2-3,16H2,1H3,(H,25,27). The second-order valence-electron chi connectivity index (χ2n) is 6.51. The summed E-state index contributed by atoms with van der Waals surface area (Å²) in [5.74, 6) is 1.57. The van der Waals surface area contributed by atoms with Gasteiger partial charge in [-0.25, -0.2) is 4.99 Å². The summed E-state index contributed by atoms with van der Waals surface area (Å²) in [5, 5.41) is 4.67. The molecule has 0 spiro atoms. The third-order valence-corrected chi connectivity index (χ3v) is 4.51. The number of benzene rings is 2. The topological polar surface area (TPSA) is 58.9 Å². The Morgan fingerprint density at radius 3 is 2.46 bits per heavy atom. The Bertz CT molecular complexity index is 995. The number of hydrazone groups is 1. The first-order chi connectivity index (χ1) is 13.8. The number of para-hydroxylation sites is 1. The van der Waals surface area contributed by atoms with Gasteiger partial charge in [-0.15, -0.1) is 0 Å². The van der Waals surface area contributed by atoms with Gasteiger partial charge in [0.25, 0.3) is 0 Å². The van der Waals surface area contributed by atoms with Gasteiger partial charge in [0, 0.05) is 29.1 Å². The number of unbranched alkanes of at least 4 members (excludes halogenated alkanes) is 1. The van der Waals surface area contributed by atoms with Crippen LogP contribution in [0.4, 0.5) is 5.69 Å². The molecule has 1 aliphatic heterocycles. The first-order valence-corrected chi connectivity index (χ1v) is 9.50. The summed E-state index contributed by atoms with van der Waals surface area (Å²) in [6, 6.07) is 19.9. The van der Waals surface area contributed by atoms with Crippen LogP contribution in [0.2, 0.25) is 0 Å². The maximum Gasteiger partial charge on any atom is 0.154 e. The van der Waals surface area contributed by atoms with Gasteiger partial charge in [-0.2, -0.15) is 5.10 Å². The zero-order valence-electron chi connectivity index (χ0n) is 15.8. The van der Waals surface area contributed by atoms with Gasteiger partial charge >= 0.3 is 0 Å². The average molecular weight is 370 g/mol. The van der Waals surface area contributed by atoms with E-state index in [1.165, 1.54) is 0 Å². The van der Waals surface area contributed by atoms with Crippen LogP contribution < -0.4 is 10.2 Å². The monoisotopic (exact) mass is 370 g/mol. The Balaban J connectivity index is 1.66. The quantitative estimate of drug-likeness (QED) is 0.640. The lowest BCUT2D eigenvalue weighted by atomic mass is 10.0. The Kier molecular flexibility index (Phi) is 5.43. The molecule has 0 fully saturated rings. The van der Waals surface area contributed by atoms with Crippen LogP contribution >= 0.6 is 0 Å². The second-order valence-corrected chi connectivity index (χ2v) is 6.51. The minimum Gasteiger partial charge on any atom is -0.494 e. The minimum atomic E-state index is 0.698. The van der Waals surface area contributed by atoms with Crippen molar-refractivity contribution in [2.75, 3.05) is 6.61 Å². The van der Waals surface area contributed by atoms with Gasteiger partial charge in [0.05, 0.1) is 18.0 Å². The number of nitrogens with one attached hydrogen (secondary N) is 1. The molecule has 0 radical (unpaired) electrons. The molecule has 0 saturated heterocycles. The van der Waals surface area contributed by atoms with Crippen molar-refractivity contribution in [2.45, 2.75) is 19.8 Å². The number of amidine groups is 1. The molecule has 1 aromatic heterocycles. The first kappa shape index (κ1) is 17.9. The summed E-state index contributed by atoms with van der Waals surface area (Å²) < 4.78 is 5.77. The smallest absolute Gasteiger partial charge is 0.154 e. The van der Waals surface area contributed by atoms with E-state index >= 15 is 0 Å². The number of ether oxygens (including phenoxy) is 1.